The van der Waals surface area contributed by atoms with Crippen molar-refractivity contribution in [2.45, 2.75) is 19.8 Å². The Morgan fingerprint density at radius 1 is 1.19 bits per heavy atom. The zero-order chi connectivity index (χ0) is 18.4. The van der Waals surface area contributed by atoms with Crippen molar-refractivity contribution in [3.05, 3.63) is 64.7 Å². The van der Waals surface area contributed by atoms with E-state index in [9.17, 15) is 4.79 Å². The van der Waals surface area contributed by atoms with Crippen LogP contribution in [0.4, 0.5) is 5.69 Å². The fourth-order valence-corrected chi connectivity index (χ4v) is 4.67. The summed E-state index contributed by atoms with van der Waals surface area (Å²) >= 11 is 1.57. The number of aryl methyl sites for hydroxylation is 1. The first-order valence-electron chi connectivity index (χ1n) is 9.20. The number of rotatable bonds is 4. The molecule has 0 fully saturated rings. The fourth-order valence-electron chi connectivity index (χ4n) is 3.77. The first kappa shape index (κ1) is 16.3. The highest BCUT2D eigenvalue weighted by molar-refractivity contribution is 7.15. The molecule has 4 aromatic rings. The number of benzene rings is 2. The quantitative estimate of drug-likeness (QED) is 0.508. The van der Waals surface area contributed by atoms with E-state index in [-0.39, 0.29) is 0 Å². The van der Waals surface area contributed by atoms with E-state index in [4.69, 9.17) is 4.98 Å². The number of hydrogen-bond acceptors (Lipinski definition) is 4. The van der Waals surface area contributed by atoms with E-state index >= 15 is 0 Å². The molecule has 3 heterocycles. The number of aldehydes is 1. The van der Waals surface area contributed by atoms with Gasteiger partial charge in [0.2, 0.25) is 0 Å². The Bertz CT molecular complexity index is 1150. The van der Waals surface area contributed by atoms with E-state index in [0.717, 1.165) is 53.1 Å². The summed E-state index contributed by atoms with van der Waals surface area (Å²) in [6, 6.07) is 14.8. The van der Waals surface area contributed by atoms with Gasteiger partial charge in [0.25, 0.3) is 0 Å². The minimum Gasteiger partial charge on any atom is -0.384 e. The first-order chi connectivity index (χ1) is 13.3. The number of carbonyl (C=O) groups excluding carboxylic acids is 1. The fraction of sp³-hybridized carbons (Fsp3) is 0.182. The summed E-state index contributed by atoms with van der Waals surface area (Å²) in [4.78, 5) is 17.6. The van der Waals surface area contributed by atoms with Crippen molar-refractivity contribution < 1.29 is 4.79 Å². The predicted octanol–water partition coefficient (Wildman–Crippen LogP) is 5.07. The van der Waals surface area contributed by atoms with Crippen LogP contribution in [-0.2, 0) is 12.8 Å². The van der Waals surface area contributed by atoms with E-state index in [1.807, 2.05) is 4.40 Å². The van der Waals surface area contributed by atoms with Crippen molar-refractivity contribution in [2.75, 3.05) is 11.9 Å². The van der Waals surface area contributed by atoms with Crippen LogP contribution >= 0.6 is 11.3 Å². The maximum absolute atomic E-state index is 12.0. The molecule has 0 saturated carbocycles. The van der Waals surface area contributed by atoms with Gasteiger partial charge in [0, 0.05) is 23.2 Å². The lowest BCUT2D eigenvalue weighted by atomic mass is 10.1. The summed E-state index contributed by atoms with van der Waals surface area (Å²) < 4.78 is 1.99. The van der Waals surface area contributed by atoms with Crippen LogP contribution in [0.1, 0.15) is 28.5 Å². The Balaban J connectivity index is 1.67. The topological polar surface area (TPSA) is 46.4 Å². The molecule has 1 aliphatic heterocycles. The number of anilines is 1. The van der Waals surface area contributed by atoms with Crippen LogP contribution < -0.4 is 5.32 Å². The van der Waals surface area contributed by atoms with Gasteiger partial charge in [0.15, 0.2) is 11.2 Å². The summed E-state index contributed by atoms with van der Waals surface area (Å²) in [6.07, 6.45) is 2.96. The number of fused-ring (bicyclic) bond motifs is 2. The van der Waals surface area contributed by atoms with Crippen molar-refractivity contribution in [1.82, 2.24) is 9.38 Å². The summed E-state index contributed by atoms with van der Waals surface area (Å²) in [5.74, 6) is 0. The van der Waals surface area contributed by atoms with Crippen LogP contribution in [0.3, 0.4) is 0 Å². The predicted molar refractivity (Wildman–Crippen MR) is 111 cm³/mol. The van der Waals surface area contributed by atoms with Crippen LogP contribution in [-0.4, -0.2) is 22.2 Å². The van der Waals surface area contributed by atoms with Gasteiger partial charge in [-0.05, 0) is 41.7 Å². The van der Waals surface area contributed by atoms with Gasteiger partial charge in [0.05, 0.1) is 5.69 Å². The van der Waals surface area contributed by atoms with Gasteiger partial charge in [-0.25, -0.2) is 4.98 Å². The molecule has 5 heteroatoms. The lowest BCUT2D eigenvalue weighted by Gasteiger charge is -2.06. The highest BCUT2D eigenvalue weighted by atomic mass is 32.1. The Morgan fingerprint density at radius 2 is 2.00 bits per heavy atom. The van der Waals surface area contributed by atoms with Crippen molar-refractivity contribution in [2.24, 2.45) is 0 Å². The number of aromatic nitrogens is 2. The molecule has 134 valence electrons. The minimum atomic E-state index is 0.615. The van der Waals surface area contributed by atoms with Crippen LogP contribution in [0.2, 0.25) is 0 Å². The highest BCUT2D eigenvalue weighted by Crippen LogP contribution is 2.34. The number of thiazole rings is 1. The third-order valence-corrected chi connectivity index (χ3v) is 6.08. The molecule has 0 saturated heterocycles. The summed E-state index contributed by atoms with van der Waals surface area (Å²) in [5, 5.41) is 5.48. The lowest BCUT2D eigenvalue weighted by molar-refractivity contribution is 0.111. The molecule has 4 nitrogen and oxygen atoms in total. The van der Waals surface area contributed by atoms with Crippen LogP contribution in [0.25, 0.3) is 27.5 Å². The lowest BCUT2D eigenvalue weighted by Crippen LogP contribution is -1.95. The average Bonchev–Trinajstić information content (AvgIpc) is 3.41. The number of imidazole rings is 1. The maximum atomic E-state index is 12.0. The van der Waals surface area contributed by atoms with Gasteiger partial charge in [-0.3, -0.25) is 9.20 Å². The van der Waals surface area contributed by atoms with Gasteiger partial charge in [-0.1, -0.05) is 37.3 Å². The number of nitrogens with one attached hydrogen (secondary N) is 1. The maximum Gasteiger partial charge on any atom is 0.195 e. The third kappa shape index (κ3) is 2.58. The molecule has 0 bridgehead atoms. The van der Waals surface area contributed by atoms with Crippen LogP contribution in [0.5, 0.6) is 0 Å². The molecule has 1 aliphatic rings. The van der Waals surface area contributed by atoms with Gasteiger partial charge in [0.1, 0.15) is 11.4 Å². The van der Waals surface area contributed by atoms with E-state index in [2.05, 4.69) is 60.1 Å². The molecular formula is C22H19N3OS. The molecule has 0 radical (unpaired) electrons. The van der Waals surface area contributed by atoms with E-state index in [1.165, 1.54) is 16.8 Å². The highest BCUT2D eigenvalue weighted by Gasteiger charge is 2.19. The van der Waals surface area contributed by atoms with Gasteiger partial charge in [-0.2, -0.15) is 0 Å². The molecule has 0 unspecified atom stereocenters. The molecular weight excluding hydrogens is 354 g/mol. The molecule has 2 aromatic carbocycles. The van der Waals surface area contributed by atoms with E-state index < -0.39 is 0 Å². The molecule has 0 atom stereocenters. The standard InChI is InChI=1S/C22H19N3OS/c1-2-14-3-5-15(6-4-14)21-19(12-26)25-20(13-27-22(25)24-21)17-7-8-18-16(11-17)9-10-23-18/h3-8,11-13,23H,2,9-10H2,1H3. The number of nitrogens with zero attached hydrogens (tertiary/aromatic N) is 2. The van der Waals surface area contributed by atoms with Crippen molar-refractivity contribution >= 4 is 28.3 Å². The van der Waals surface area contributed by atoms with Gasteiger partial charge in [-0.15, -0.1) is 11.3 Å². The first-order valence-corrected chi connectivity index (χ1v) is 10.1. The third-order valence-electron chi connectivity index (χ3n) is 5.26. The largest absolute Gasteiger partial charge is 0.384 e. The number of hydrogen-bond donors (Lipinski definition) is 1. The van der Waals surface area contributed by atoms with Crippen molar-refractivity contribution in [3.8, 4) is 22.5 Å². The molecule has 27 heavy (non-hydrogen) atoms. The Labute approximate surface area is 161 Å². The second-order valence-electron chi connectivity index (χ2n) is 6.80. The van der Waals surface area contributed by atoms with Crippen molar-refractivity contribution in [3.63, 3.8) is 0 Å². The average molecular weight is 373 g/mol. The molecule has 0 amide bonds. The van der Waals surface area contributed by atoms with Crippen LogP contribution in [0.15, 0.2) is 47.8 Å². The molecule has 0 aliphatic carbocycles. The zero-order valence-electron chi connectivity index (χ0n) is 15.0. The Hall–Kier alpha value is -2.92. The normalized spacial score (nSPS) is 12.9. The van der Waals surface area contributed by atoms with Crippen molar-refractivity contribution in [1.29, 1.82) is 0 Å². The molecule has 0 spiro atoms. The zero-order valence-corrected chi connectivity index (χ0v) is 15.8. The molecule has 2 aromatic heterocycles. The second-order valence-corrected chi connectivity index (χ2v) is 7.64. The Kier molecular flexibility index (Phi) is 3.83. The van der Waals surface area contributed by atoms with Gasteiger partial charge >= 0.3 is 0 Å². The summed E-state index contributed by atoms with van der Waals surface area (Å²) in [5.41, 5.74) is 8.31. The smallest absolute Gasteiger partial charge is 0.195 e. The summed E-state index contributed by atoms with van der Waals surface area (Å²) in [7, 11) is 0. The van der Waals surface area contributed by atoms with E-state index in [0.29, 0.717) is 5.69 Å². The van der Waals surface area contributed by atoms with E-state index in [1.54, 1.807) is 11.3 Å². The monoisotopic (exact) mass is 373 g/mol. The second kappa shape index (κ2) is 6.35. The van der Waals surface area contributed by atoms with Crippen LogP contribution in [0, 0.1) is 0 Å². The Morgan fingerprint density at radius 3 is 2.78 bits per heavy atom. The SMILES string of the molecule is CCc1ccc(-c2nc3scc(-c4ccc5c(c4)CCN5)n3c2C=O)cc1. The molecule has 5 rings (SSSR count). The van der Waals surface area contributed by atoms with Gasteiger partial charge < -0.3 is 5.32 Å². The number of carbonyl (C=O) groups is 1. The minimum absolute atomic E-state index is 0.615. The summed E-state index contributed by atoms with van der Waals surface area (Å²) in [6.45, 7) is 3.12. The molecule has 1 N–H and O–H groups in total.